The lowest BCUT2D eigenvalue weighted by Gasteiger charge is -2.22. The molecule has 0 fully saturated rings. The minimum Gasteiger partial charge on any atom is -0.492 e. The van der Waals surface area contributed by atoms with E-state index in [0.717, 1.165) is 27.6 Å². The summed E-state index contributed by atoms with van der Waals surface area (Å²) in [7, 11) is 3.26. The maximum absolute atomic E-state index is 6.35. The third-order valence-corrected chi connectivity index (χ3v) is 4.11. The third kappa shape index (κ3) is 2.90. The van der Waals surface area contributed by atoms with Crippen molar-refractivity contribution < 1.29 is 14.2 Å². The van der Waals surface area contributed by atoms with E-state index < -0.39 is 0 Å². The predicted molar refractivity (Wildman–Crippen MR) is 92.7 cm³/mol. The molecule has 5 nitrogen and oxygen atoms in total. The lowest BCUT2D eigenvalue weighted by molar-refractivity contribution is 0.144. The molecule has 2 aromatic carbocycles. The van der Waals surface area contributed by atoms with Crippen molar-refractivity contribution in [3.8, 4) is 11.5 Å². The summed E-state index contributed by atoms with van der Waals surface area (Å²) in [5.41, 5.74) is 9.13. The van der Waals surface area contributed by atoms with E-state index in [4.69, 9.17) is 31.7 Å². The number of halogens is 1. The lowest BCUT2D eigenvalue weighted by Crippen LogP contribution is -2.11. The summed E-state index contributed by atoms with van der Waals surface area (Å²) in [5.74, 6) is 1.34. The minimum absolute atomic E-state index is 0.455. The lowest BCUT2D eigenvalue weighted by atomic mass is 9.96. The van der Waals surface area contributed by atoms with Crippen molar-refractivity contribution in [3.63, 3.8) is 0 Å². The molecule has 1 aliphatic rings. The second kappa shape index (κ2) is 6.56. The Morgan fingerprint density at radius 3 is 2.78 bits per heavy atom. The number of nitrogen functional groups attached to an aromatic ring is 1. The Bertz CT molecular complexity index is 761. The Morgan fingerprint density at radius 1 is 1.22 bits per heavy atom. The number of nitrogens with two attached hydrogens (primary N) is 1. The van der Waals surface area contributed by atoms with Crippen LogP contribution in [-0.4, -0.2) is 31.9 Å². The van der Waals surface area contributed by atoms with Crippen molar-refractivity contribution in [2.45, 2.75) is 6.54 Å². The van der Waals surface area contributed by atoms with E-state index in [0.29, 0.717) is 31.3 Å². The number of fused-ring (bicyclic) bond motifs is 2. The normalized spacial score (nSPS) is 13.3. The number of anilines is 1. The highest BCUT2D eigenvalue weighted by atomic mass is 35.5. The van der Waals surface area contributed by atoms with Gasteiger partial charge in [0.15, 0.2) is 11.5 Å². The number of hydrogen-bond donors (Lipinski definition) is 1. The molecule has 1 aliphatic heterocycles. The average Bonchev–Trinajstić information content (AvgIpc) is 2.54. The van der Waals surface area contributed by atoms with Gasteiger partial charge >= 0.3 is 0 Å². The van der Waals surface area contributed by atoms with Gasteiger partial charge < -0.3 is 19.9 Å². The van der Waals surface area contributed by atoms with Crippen molar-refractivity contribution in [1.82, 2.24) is 4.42 Å². The van der Waals surface area contributed by atoms with Crippen LogP contribution in [0.2, 0.25) is 0 Å². The van der Waals surface area contributed by atoms with Gasteiger partial charge in [0.25, 0.3) is 0 Å². The van der Waals surface area contributed by atoms with E-state index in [9.17, 15) is 0 Å². The van der Waals surface area contributed by atoms with Gasteiger partial charge in [-0.1, -0.05) is 0 Å². The molecule has 0 bridgehead atoms. The van der Waals surface area contributed by atoms with Gasteiger partial charge in [0.1, 0.15) is 6.61 Å². The fourth-order valence-electron chi connectivity index (χ4n) is 2.79. The molecule has 2 aromatic rings. The molecule has 0 amide bonds. The number of hydrogen-bond acceptors (Lipinski definition) is 5. The van der Waals surface area contributed by atoms with Gasteiger partial charge in [0.2, 0.25) is 0 Å². The molecular formula is C17H19ClN2O3. The maximum Gasteiger partial charge on any atom is 0.168 e. The van der Waals surface area contributed by atoms with Gasteiger partial charge in [-0.2, -0.15) is 0 Å². The zero-order chi connectivity index (χ0) is 16.4. The number of nitrogens with zero attached hydrogens (tertiary/aromatic N) is 1. The fraction of sp³-hybridized carbons (Fsp3) is 0.294. The van der Waals surface area contributed by atoms with Crippen LogP contribution < -0.4 is 15.2 Å². The number of methoxy groups -OCH3 is 2. The zero-order valence-electron chi connectivity index (χ0n) is 13.1. The molecule has 0 spiro atoms. The Hall–Kier alpha value is -2.11. The van der Waals surface area contributed by atoms with Crippen molar-refractivity contribution in [3.05, 3.63) is 35.5 Å². The van der Waals surface area contributed by atoms with Gasteiger partial charge in [-0.3, -0.25) is 4.42 Å². The molecule has 0 radical (unpaired) electrons. The van der Waals surface area contributed by atoms with E-state index in [1.54, 1.807) is 18.6 Å². The third-order valence-electron chi connectivity index (χ3n) is 3.88. The van der Waals surface area contributed by atoms with E-state index in [-0.39, 0.29) is 0 Å². The molecule has 23 heavy (non-hydrogen) atoms. The highest BCUT2D eigenvalue weighted by Crippen LogP contribution is 2.41. The molecule has 0 saturated carbocycles. The van der Waals surface area contributed by atoms with Crippen LogP contribution in [0.15, 0.2) is 24.4 Å². The van der Waals surface area contributed by atoms with Crippen molar-refractivity contribution in [2.75, 3.05) is 33.2 Å². The first-order chi connectivity index (χ1) is 11.2. The van der Waals surface area contributed by atoms with Gasteiger partial charge in [-0.15, -0.1) is 0 Å². The van der Waals surface area contributed by atoms with Crippen LogP contribution in [0.3, 0.4) is 0 Å². The zero-order valence-corrected chi connectivity index (χ0v) is 13.9. The molecular weight excluding hydrogens is 316 g/mol. The first-order valence-electron chi connectivity index (χ1n) is 7.30. The van der Waals surface area contributed by atoms with E-state index >= 15 is 0 Å². The molecule has 1 heterocycles. The first kappa shape index (κ1) is 15.8. The van der Waals surface area contributed by atoms with Crippen LogP contribution in [-0.2, 0) is 11.3 Å². The topological polar surface area (TPSA) is 57.0 Å². The van der Waals surface area contributed by atoms with Gasteiger partial charge in [-0.25, -0.2) is 0 Å². The smallest absolute Gasteiger partial charge is 0.168 e. The second-order valence-corrected chi connectivity index (χ2v) is 5.70. The highest BCUT2D eigenvalue weighted by molar-refractivity contribution is 6.14. The van der Waals surface area contributed by atoms with Crippen molar-refractivity contribution in [2.24, 2.45) is 0 Å². The van der Waals surface area contributed by atoms with Crippen LogP contribution in [0.4, 0.5) is 5.69 Å². The average molecular weight is 335 g/mol. The van der Waals surface area contributed by atoms with Gasteiger partial charge in [-0.05, 0) is 29.8 Å². The number of ether oxygens (including phenoxy) is 3. The Morgan fingerprint density at radius 2 is 2.04 bits per heavy atom. The second-order valence-electron chi connectivity index (χ2n) is 5.27. The van der Waals surface area contributed by atoms with E-state index in [2.05, 4.69) is 6.07 Å². The van der Waals surface area contributed by atoms with Crippen LogP contribution in [0.1, 0.15) is 11.1 Å². The SMILES string of the molecule is COCCOc1ccc2c(N)c3c(cc2c1OC)CN(Cl)C=C3. The maximum atomic E-state index is 6.35. The Labute approximate surface area is 140 Å². The summed E-state index contributed by atoms with van der Waals surface area (Å²) in [4.78, 5) is 0. The minimum atomic E-state index is 0.455. The number of benzene rings is 2. The molecule has 0 unspecified atom stereocenters. The van der Waals surface area contributed by atoms with Crippen LogP contribution in [0, 0.1) is 0 Å². The Balaban J connectivity index is 2.13. The van der Waals surface area contributed by atoms with E-state index in [1.807, 2.05) is 24.4 Å². The van der Waals surface area contributed by atoms with E-state index in [1.165, 1.54) is 0 Å². The summed E-state index contributed by atoms with van der Waals surface area (Å²) < 4.78 is 17.9. The molecule has 6 heteroatoms. The molecule has 2 N–H and O–H groups in total. The molecule has 0 aliphatic carbocycles. The standard InChI is InChI=1S/C17H19ClN2O3/c1-21-7-8-23-15-4-3-13-14(17(15)22-2)9-11-10-20(18)6-5-12(11)16(13)19/h3-6,9H,7-8,10,19H2,1-2H3. The quantitative estimate of drug-likeness (QED) is 0.516. The molecule has 0 aromatic heterocycles. The van der Waals surface area contributed by atoms with Gasteiger partial charge in [0, 0.05) is 47.1 Å². The van der Waals surface area contributed by atoms with Crippen LogP contribution in [0.5, 0.6) is 11.5 Å². The summed E-state index contributed by atoms with van der Waals surface area (Å²) >= 11 is 6.07. The summed E-state index contributed by atoms with van der Waals surface area (Å²) in [6.07, 6.45) is 3.74. The molecule has 122 valence electrons. The molecule has 3 rings (SSSR count). The van der Waals surface area contributed by atoms with Crippen molar-refractivity contribution in [1.29, 1.82) is 0 Å². The van der Waals surface area contributed by atoms with Gasteiger partial charge in [0.05, 0.1) is 20.3 Å². The summed E-state index contributed by atoms with van der Waals surface area (Å²) in [6.45, 7) is 1.56. The van der Waals surface area contributed by atoms with Crippen LogP contribution >= 0.6 is 11.8 Å². The monoisotopic (exact) mass is 334 g/mol. The first-order valence-corrected chi connectivity index (χ1v) is 7.64. The molecule has 0 atom stereocenters. The summed E-state index contributed by atoms with van der Waals surface area (Å²) in [6, 6.07) is 5.89. The summed E-state index contributed by atoms with van der Waals surface area (Å²) in [5, 5.41) is 1.85. The highest BCUT2D eigenvalue weighted by Gasteiger charge is 2.18. The molecule has 0 saturated heterocycles. The largest absolute Gasteiger partial charge is 0.492 e. The predicted octanol–water partition coefficient (Wildman–Crippen LogP) is 3.40. The Kier molecular flexibility index (Phi) is 4.50. The fourth-order valence-corrected chi connectivity index (χ4v) is 2.97. The van der Waals surface area contributed by atoms with Crippen LogP contribution in [0.25, 0.3) is 16.8 Å². The number of rotatable bonds is 5. The van der Waals surface area contributed by atoms with Crippen molar-refractivity contribution >= 4 is 34.3 Å².